The van der Waals surface area contributed by atoms with Crippen LogP contribution in [-0.2, 0) is 9.47 Å². The van der Waals surface area contributed by atoms with Crippen LogP contribution in [0.4, 0.5) is 0 Å². The van der Waals surface area contributed by atoms with E-state index in [-0.39, 0.29) is 29.1 Å². The third-order valence-corrected chi connectivity index (χ3v) is 7.29. The van der Waals surface area contributed by atoms with Gasteiger partial charge in [-0.15, -0.1) is 0 Å². The van der Waals surface area contributed by atoms with Crippen LogP contribution in [0.25, 0.3) is 0 Å². The normalized spacial score (nSPS) is 30.3. The molecule has 1 aromatic carbocycles. The summed E-state index contributed by atoms with van der Waals surface area (Å²) in [5.74, 6) is 0.0335. The summed E-state index contributed by atoms with van der Waals surface area (Å²) in [4.78, 5) is 15.4. The number of hydrogen-bond acceptors (Lipinski definition) is 4. The number of benzene rings is 1. The van der Waals surface area contributed by atoms with Crippen LogP contribution in [0.1, 0.15) is 84.0 Å². The maximum Gasteiger partial charge on any atom is 0.338 e. The van der Waals surface area contributed by atoms with Gasteiger partial charge >= 0.3 is 5.97 Å². The van der Waals surface area contributed by atoms with Gasteiger partial charge in [0.15, 0.2) is 0 Å². The lowest BCUT2D eigenvalue weighted by Crippen LogP contribution is -2.68. The minimum Gasteiger partial charge on any atom is -0.458 e. The van der Waals surface area contributed by atoms with Crippen molar-refractivity contribution in [3.8, 4) is 0 Å². The number of unbranched alkanes of at least 4 members (excludes halogenated alkanes) is 1. The SMILES string of the molecule is CCCCOCCN1C(C)(CC)CC(OC(=O)c2ccccc2)C(C)C1(C)CC. The predicted molar refractivity (Wildman–Crippen MR) is 119 cm³/mol. The number of rotatable bonds is 10. The number of nitrogens with zero attached hydrogens (tertiary/aromatic N) is 1. The largest absolute Gasteiger partial charge is 0.458 e. The van der Waals surface area contributed by atoms with Crippen LogP contribution in [0.2, 0.25) is 0 Å². The van der Waals surface area contributed by atoms with E-state index >= 15 is 0 Å². The van der Waals surface area contributed by atoms with E-state index in [2.05, 4.69) is 46.4 Å². The molecular weight excluding hydrogens is 362 g/mol. The number of carbonyl (C=O) groups is 1. The van der Waals surface area contributed by atoms with Crippen molar-refractivity contribution in [2.75, 3.05) is 19.8 Å². The van der Waals surface area contributed by atoms with Crippen LogP contribution in [0.15, 0.2) is 30.3 Å². The van der Waals surface area contributed by atoms with Gasteiger partial charge in [0.25, 0.3) is 0 Å². The topological polar surface area (TPSA) is 38.8 Å². The van der Waals surface area contributed by atoms with E-state index in [1.807, 2.05) is 30.3 Å². The molecule has 164 valence electrons. The van der Waals surface area contributed by atoms with Crippen LogP contribution >= 0.6 is 0 Å². The van der Waals surface area contributed by atoms with Crippen molar-refractivity contribution in [1.29, 1.82) is 0 Å². The maximum atomic E-state index is 12.8. The molecule has 29 heavy (non-hydrogen) atoms. The lowest BCUT2D eigenvalue weighted by atomic mass is 9.68. The van der Waals surface area contributed by atoms with E-state index in [9.17, 15) is 4.79 Å². The summed E-state index contributed by atoms with van der Waals surface area (Å²) in [7, 11) is 0. The first kappa shape index (κ1) is 23.9. The van der Waals surface area contributed by atoms with Gasteiger partial charge in [-0.1, -0.05) is 52.3 Å². The molecule has 0 aliphatic carbocycles. The number of piperidine rings is 1. The first-order valence-electron chi connectivity index (χ1n) is 11.4. The minimum absolute atomic E-state index is 0.0208. The Balaban J connectivity index is 2.17. The van der Waals surface area contributed by atoms with Crippen molar-refractivity contribution >= 4 is 5.97 Å². The maximum absolute atomic E-state index is 12.8. The summed E-state index contributed by atoms with van der Waals surface area (Å²) in [6, 6.07) is 9.34. The molecule has 4 atom stereocenters. The van der Waals surface area contributed by atoms with Crippen LogP contribution in [-0.4, -0.2) is 47.8 Å². The average Bonchev–Trinajstić information content (AvgIpc) is 2.74. The minimum atomic E-state index is -0.212. The summed E-state index contributed by atoms with van der Waals surface area (Å²) in [6.07, 6.45) is 5.07. The number of carbonyl (C=O) groups excluding carboxylic acids is 1. The Morgan fingerprint density at radius 1 is 1.10 bits per heavy atom. The molecule has 0 spiro atoms. The first-order valence-corrected chi connectivity index (χ1v) is 11.4. The van der Waals surface area contributed by atoms with E-state index in [0.29, 0.717) is 5.56 Å². The van der Waals surface area contributed by atoms with Crippen molar-refractivity contribution in [3.05, 3.63) is 35.9 Å². The molecule has 4 nitrogen and oxygen atoms in total. The fourth-order valence-corrected chi connectivity index (χ4v) is 4.78. The molecular formula is C25H41NO3. The Labute approximate surface area is 178 Å². The molecule has 1 aliphatic heterocycles. The van der Waals surface area contributed by atoms with E-state index in [1.165, 1.54) is 0 Å². The van der Waals surface area contributed by atoms with Gasteiger partial charge in [0.1, 0.15) is 6.10 Å². The Morgan fingerprint density at radius 3 is 2.38 bits per heavy atom. The highest BCUT2D eigenvalue weighted by molar-refractivity contribution is 5.89. The zero-order valence-corrected chi connectivity index (χ0v) is 19.4. The molecule has 4 unspecified atom stereocenters. The molecule has 1 aliphatic rings. The molecule has 1 saturated heterocycles. The van der Waals surface area contributed by atoms with Crippen molar-refractivity contribution in [2.45, 2.75) is 90.8 Å². The fourth-order valence-electron chi connectivity index (χ4n) is 4.78. The van der Waals surface area contributed by atoms with Gasteiger partial charge < -0.3 is 9.47 Å². The van der Waals surface area contributed by atoms with Gasteiger partial charge in [-0.3, -0.25) is 4.90 Å². The zero-order valence-electron chi connectivity index (χ0n) is 19.4. The molecule has 4 heteroatoms. The molecule has 1 heterocycles. The Hall–Kier alpha value is -1.39. The standard InChI is InChI=1S/C25H41NO3/c1-7-10-17-28-18-16-26-24(5,8-2)19-22(20(4)25(26,6)9-3)29-23(27)21-14-12-11-13-15-21/h11-15,20,22H,7-10,16-19H2,1-6H3. The second-order valence-corrected chi connectivity index (χ2v) is 8.98. The highest BCUT2D eigenvalue weighted by Gasteiger charge is 2.53. The molecule has 2 rings (SSSR count). The van der Waals surface area contributed by atoms with E-state index in [4.69, 9.17) is 9.47 Å². The summed E-state index contributed by atoms with van der Waals surface area (Å²) in [5, 5.41) is 0. The highest BCUT2D eigenvalue weighted by atomic mass is 16.5. The van der Waals surface area contributed by atoms with E-state index in [1.54, 1.807) is 0 Å². The van der Waals surface area contributed by atoms with Crippen molar-refractivity contribution in [2.24, 2.45) is 5.92 Å². The Bertz CT molecular complexity index is 634. The molecule has 0 saturated carbocycles. The van der Waals surface area contributed by atoms with Gasteiger partial charge in [-0.25, -0.2) is 4.79 Å². The van der Waals surface area contributed by atoms with E-state index in [0.717, 1.165) is 51.9 Å². The van der Waals surface area contributed by atoms with Crippen LogP contribution in [0, 0.1) is 5.92 Å². The molecule has 0 aromatic heterocycles. The predicted octanol–water partition coefficient (Wildman–Crippen LogP) is 5.71. The number of likely N-dealkylation sites (tertiary alicyclic amines) is 1. The Kier molecular flexibility index (Phi) is 8.72. The molecule has 1 aromatic rings. The average molecular weight is 404 g/mol. The monoisotopic (exact) mass is 403 g/mol. The fraction of sp³-hybridized carbons (Fsp3) is 0.720. The molecule has 0 radical (unpaired) electrons. The van der Waals surface area contributed by atoms with Gasteiger partial charge in [-0.2, -0.15) is 0 Å². The lowest BCUT2D eigenvalue weighted by Gasteiger charge is -2.60. The molecule has 1 fully saturated rings. The number of ether oxygens (including phenoxy) is 2. The summed E-state index contributed by atoms with van der Waals surface area (Å²) in [6.45, 7) is 16.1. The lowest BCUT2D eigenvalue weighted by molar-refractivity contribution is -0.144. The smallest absolute Gasteiger partial charge is 0.338 e. The van der Waals surface area contributed by atoms with Crippen molar-refractivity contribution in [3.63, 3.8) is 0 Å². The summed E-state index contributed by atoms with van der Waals surface area (Å²) >= 11 is 0. The van der Waals surface area contributed by atoms with Gasteiger partial charge in [0, 0.05) is 36.6 Å². The van der Waals surface area contributed by atoms with Gasteiger partial charge in [0.05, 0.1) is 12.2 Å². The zero-order chi connectivity index (χ0) is 21.5. The van der Waals surface area contributed by atoms with Gasteiger partial charge in [-0.05, 0) is 45.2 Å². The van der Waals surface area contributed by atoms with E-state index < -0.39 is 0 Å². The van der Waals surface area contributed by atoms with Crippen LogP contribution in [0.5, 0.6) is 0 Å². The highest BCUT2D eigenvalue weighted by Crippen LogP contribution is 2.46. The Morgan fingerprint density at radius 2 is 1.79 bits per heavy atom. The van der Waals surface area contributed by atoms with Crippen molar-refractivity contribution in [1.82, 2.24) is 4.90 Å². The molecule has 0 bridgehead atoms. The summed E-state index contributed by atoms with van der Waals surface area (Å²) < 4.78 is 12.0. The molecule has 0 N–H and O–H groups in total. The van der Waals surface area contributed by atoms with Crippen LogP contribution in [0.3, 0.4) is 0 Å². The van der Waals surface area contributed by atoms with Gasteiger partial charge in [0.2, 0.25) is 0 Å². The third kappa shape index (κ3) is 5.40. The second kappa shape index (κ2) is 10.6. The van der Waals surface area contributed by atoms with Crippen molar-refractivity contribution < 1.29 is 14.3 Å². The first-order chi connectivity index (χ1) is 13.8. The van der Waals surface area contributed by atoms with Crippen LogP contribution < -0.4 is 0 Å². The molecule has 0 amide bonds. The second-order valence-electron chi connectivity index (χ2n) is 8.98. The summed E-state index contributed by atoms with van der Waals surface area (Å²) in [5.41, 5.74) is 0.564. The quantitative estimate of drug-likeness (QED) is 0.371. The number of esters is 1. The third-order valence-electron chi connectivity index (χ3n) is 7.29. The number of hydrogen-bond donors (Lipinski definition) is 0.